The fourth-order valence-electron chi connectivity index (χ4n) is 2.12. The molecule has 22 heavy (non-hydrogen) atoms. The van der Waals surface area contributed by atoms with Crippen LogP contribution in [0.5, 0.6) is 0 Å². The number of nitrogens with zero attached hydrogens (tertiary/aromatic N) is 2. The number of benzene rings is 1. The highest BCUT2D eigenvalue weighted by atomic mass is 16.1. The van der Waals surface area contributed by atoms with Crippen LogP contribution < -0.4 is 10.9 Å². The summed E-state index contributed by atoms with van der Waals surface area (Å²) in [4.78, 5) is 27.9. The number of hydrogen-bond acceptors (Lipinski definition) is 3. The first-order valence-corrected chi connectivity index (χ1v) is 7.45. The molecule has 0 saturated carbocycles. The van der Waals surface area contributed by atoms with Crippen molar-refractivity contribution in [1.29, 1.82) is 0 Å². The first-order valence-electron chi connectivity index (χ1n) is 7.45. The van der Waals surface area contributed by atoms with Gasteiger partial charge in [-0.3, -0.25) is 14.2 Å². The molecule has 0 unspecified atom stereocenters. The van der Waals surface area contributed by atoms with E-state index in [2.05, 4.69) is 10.3 Å². The van der Waals surface area contributed by atoms with Gasteiger partial charge in [0.25, 0.3) is 5.56 Å². The van der Waals surface area contributed by atoms with Crippen LogP contribution in [0.3, 0.4) is 0 Å². The second-order valence-corrected chi connectivity index (χ2v) is 5.62. The average Bonchev–Trinajstić information content (AvgIpc) is 2.49. The van der Waals surface area contributed by atoms with Crippen molar-refractivity contribution in [1.82, 2.24) is 14.9 Å². The Morgan fingerprint density at radius 1 is 1.27 bits per heavy atom. The van der Waals surface area contributed by atoms with E-state index < -0.39 is 0 Å². The van der Waals surface area contributed by atoms with Gasteiger partial charge in [0.2, 0.25) is 5.91 Å². The molecule has 1 heterocycles. The summed E-state index contributed by atoms with van der Waals surface area (Å²) in [5.74, 6) is 0.339. The smallest absolute Gasteiger partial charge is 0.253 e. The van der Waals surface area contributed by atoms with Gasteiger partial charge >= 0.3 is 0 Å². The lowest BCUT2D eigenvalue weighted by Crippen LogP contribution is -2.31. The quantitative estimate of drug-likeness (QED) is 0.888. The normalized spacial score (nSPS) is 10.7. The molecule has 0 bridgehead atoms. The van der Waals surface area contributed by atoms with Crippen molar-refractivity contribution in [2.45, 2.75) is 26.8 Å². The zero-order valence-corrected chi connectivity index (χ0v) is 13.0. The summed E-state index contributed by atoms with van der Waals surface area (Å²) in [7, 11) is 0. The van der Waals surface area contributed by atoms with Crippen molar-refractivity contribution in [3.63, 3.8) is 0 Å². The minimum Gasteiger partial charge on any atom is -0.354 e. The van der Waals surface area contributed by atoms with Crippen LogP contribution in [0.2, 0.25) is 0 Å². The number of carbonyl (C=O) groups excluding carboxylic acids is 1. The molecule has 0 aliphatic rings. The molecule has 116 valence electrons. The fourth-order valence-corrected chi connectivity index (χ4v) is 2.12. The summed E-state index contributed by atoms with van der Waals surface area (Å²) >= 11 is 0. The Hall–Kier alpha value is -2.43. The maximum atomic E-state index is 12.1. The van der Waals surface area contributed by atoms with Gasteiger partial charge in [0, 0.05) is 31.1 Å². The monoisotopic (exact) mass is 299 g/mol. The van der Waals surface area contributed by atoms with Crippen LogP contribution in [0.15, 0.2) is 47.5 Å². The maximum absolute atomic E-state index is 12.1. The highest BCUT2D eigenvalue weighted by Crippen LogP contribution is 2.13. The van der Waals surface area contributed by atoms with Gasteiger partial charge in [-0.25, -0.2) is 4.98 Å². The molecule has 1 aromatic carbocycles. The van der Waals surface area contributed by atoms with Gasteiger partial charge in [0.05, 0.1) is 12.0 Å². The van der Waals surface area contributed by atoms with E-state index in [0.717, 1.165) is 5.56 Å². The molecular weight excluding hydrogens is 278 g/mol. The van der Waals surface area contributed by atoms with E-state index >= 15 is 0 Å². The van der Waals surface area contributed by atoms with E-state index in [1.807, 2.05) is 44.2 Å². The van der Waals surface area contributed by atoms with E-state index in [-0.39, 0.29) is 11.5 Å². The standard InChI is InChI=1S/C17H21N3O2/c1-13(2)10-16(21)18-8-9-20-12-19-15(11-17(20)22)14-6-4-3-5-7-14/h3-7,11-13H,8-10H2,1-2H3,(H,18,21). The van der Waals surface area contributed by atoms with Crippen LogP contribution in [0.1, 0.15) is 20.3 Å². The summed E-state index contributed by atoms with van der Waals surface area (Å²) in [5, 5.41) is 2.81. The van der Waals surface area contributed by atoms with E-state index in [1.165, 1.54) is 17.0 Å². The number of aromatic nitrogens is 2. The van der Waals surface area contributed by atoms with Crippen LogP contribution in [0, 0.1) is 5.92 Å². The molecule has 0 saturated heterocycles. The van der Waals surface area contributed by atoms with Gasteiger partial charge in [-0.05, 0) is 5.92 Å². The Kier molecular flexibility index (Phi) is 5.47. The third kappa shape index (κ3) is 4.55. The van der Waals surface area contributed by atoms with Gasteiger partial charge in [-0.15, -0.1) is 0 Å². The molecule has 2 aromatic rings. The molecule has 0 spiro atoms. The van der Waals surface area contributed by atoms with Crippen LogP contribution in [-0.2, 0) is 11.3 Å². The molecule has 1 N–H and O–H groups in total. The summed E-state index contributed by atoms with van der Waals surface area (Å²) in [6.07, 6.45) is 2.03. The molecule has 1 aromatic heterocycles. The highest BCUT2D eigenvalue weighted by molar-refractivity contribution is 5.75. The topological polar surface area (TPSA) is 64.0 Å². The van der Waals surface area contributed by atoms with Crippen molar-refractivity contribution < 1.29 is 4.79 Å². The van der Waals surface area contributed by atoms with Crippen LogP contribution >= 0.6 is 0 Å². The lowest BCUT2D eigenvalue weighted by Gasteiger charge is -2.09. The second-order valence-electron chi connectivity index (χ2n) is 5.62. The first kappa shape index (κ1) is 15.9. The predicted molar refractivity (Wildman–Crippen MR) is 86.4 cm³/mol. The summed E-state index contributed by atoms with van der Waals surface area (Å²) in [5.41, 5.74) is 1.45. The van der Waals surface area contributed by atoms with E-state index in [1.54, 1.807) is 0 Å². The molecule has 5 nitrogen and oxygen atoms in total. The van der Waals surface area contributed by atoms with Gasteiger partial charge in [0.15, 0.2) is 0 Å². The molecule has 1 amide bonds. The van der Waals surface area contributed by atoms with Gasteiger partial charge in [-0.1, -0.05) is 44.2 Å². The second kappa shape index (κ2) is 7.54. The molecule has 0 radical (unpaired) electrons. The van der Waals surface area contributed by atoms with Crippen molar-refractivity contribution in [2.24, 2.45) is 5.92 Å². The van der Waals surface area contributed by atoms with Crippen LogP contribution in [-0.4, -0.2) is 22.0 Å². The number of hydrogen-bond donors (Lipinski definition) is 1. The largest absolute Gasteiger partial charge is 0.354 e. The Bertz CT molecular complexity index is 678. The predicted octanol–water partition coefficient (Wildman–Crippen LogP) is 2.07. The van der Waals surface area contributed by atoms with Crippen LogP contribution in [0.25, 0.3) is 11.3 Å². The minimum absolute atomic E-state index is 0.0110. The minimum atomic E-state index is -0.119. The van der Waals surface area contributed by atoms with Gasteiger partial charge in [-0.2, -0.15) is 0 Å². The molecule has 5 heteroatoms. The molecule has 0 fully saturated rings. The Labute approximate surface area is 130 Å². The van der Waals surface area contributed by atoms with Crippen LogP contribution in [0.4, 0.5) is 0 Å². The Morgan fingerprint density at radius 2 is 2.00 bits per heavy atom. The molecule has 0 aliphatic carbocycles. The summed E-state index contributed by atoms with van der Waals surface area (Å²) in [6, 6.07) is 11.1. The third-order valence-corrected chi connectivity index (χ3v) is 3.22. The van der Waals surface area contributed by atoms with E-state index in [9.17, 15) is 9.59 Å². The van der Waals surface area contributed by atoms with Crippen molar-refractivity contribution >= 4 is 5.91 Å². The molecule has 0 aliphatic heterocycles. The van der Waals surface area contributed by atoms with Gasteiger partial charge in [0.1, 0.15) is 0 Å². The van der Waals surface area contributed by atoms with E-state index in [0.29, 0.717) is 31.1 Å². The third-order valence-electron chi connectivity index (χ3n) is 3.22. The zero-order valence-electron chi connectivity index (χ0n) is 13.0. The number of carbonyl (C=O) groups is 1. The fraction of sp³-hybridized carbons (Fsp3) is 0.353. The summed E-state index contributed by atoms with van der Waals surface area (Å²) in [6.45, 7) is 4.84. The number of nitrogens with one attached hydrogen (secondary N) is 1. The number of amides is 1. The van der Waals surface area contributed by atoms with E-state index in [4.69, 9.17) is 0 Å². The Balaban J connectivity index is 1.96. The first-order chi connectivity index (χ1) is 10.6. The lowest BCUT2D eigenvalue weighted by molar-refractivity contribution is -0.121. The van der Waals surface area contributed by atoms with Crippen molar-refractivity contribution in [3.05, 3.63) is 53.1 Å². The molecule has 0 atom stereocenters. The SMILES string of the molecule is CC(C)CC(=O)NCCn1cnc(-c2ccccc2)cc1=O. The average molecular weight is 299 g/mol. The lowest BCUT2D eigenvalue weighted by atomic mass is 10.1. The molecular formula is C17H21N3O2. The van der Waals surface area contributed by atoms with Gasteiger partial charge < -0.3 is 5.32 Å². The number of rotatable bonds is 6. The van der Waals surface area contributed by atoms with Crippen molar-refractivity contribution in [3.8, 4) is 11.3 Å². The molecule has 2 rings (SSSR count). The summed E-state index contributed by atoms with van der Waals surface area (Å²) < 4.78 is 1.50. The maximum Gasteiger partial charge on any atom is 0.253 e. The Morgan fingerprint density at radius 3 is 2.64 bits per heavy atom. The van der Waals surface area contributed by atoms with Crippen molar-refractivity contribution in [2.75, 3.05) is 6.54 Å². The highest BCUT2D eigenvalue weighted by Gasteiger charge is 2.05. The zero-order chi connectivity index (χ0) is 15.9.